The summed E-state index contributed by atoms with van der Waals surface area (Å²) in [6.07, 6.45) is 0. The monoisotopic (exact) mass is 335 g/mol. The molecule has 0 atom stereocenters. The molecule has 0 spiro atoms. The van der Waals surface area contributed by atoms with Crippen molar-refractivity contribution in [3.05, 3.63) is 74.9 Å². The number of aromatic nitrogens is 3. The first kappa shape index (κ1) is 15.1. The number of ether oxygens (including phenoxy) is 1. The Morgan fingerprint density at radius 3 is 2.76 bits per heavy atom. The summed E-state index contributed by atoms with van der Waals surface area (Å²) in [6.45, 7) is 0.116. The Labute approximate surface area is 141 Å². The number of hydrogen-bond donors (Lipinski definition) is 0. The maximum absolute atomic E-state index is 12.6. The van der Waals surface area contributed by atoms with Gasteiger partial charge in [0.2, 0.25) is 0 Å². The van der Waals surface area contributed by atoms with Crippen LogP contribution in [-0.2, 0) is 6.54 Å². The van der Waals surface area contributed by atoms with Gasteiger partial charge in [-0.2, -0.15) is 0 Å². The van der Waals surface area contributed by atoms with Crippen molar-refractivity contribution in [2.24, 2.45) is 0 Å². The highest BCUT2D eigenvalue weighted by Gasteiger charge is 2.11. The Bertz CT molecular complexity index is 1210. The molecular weight excluding hydrogens is 322 g/mol. The first-order chi connectivity index (χ1) is 12.2. The molecule has 124 valence electrons. The zero-order chi connectivity index (χ0) is 17.4. The summed E-state index contributed by atoms with van der Waals surface area (Å²) < 4.78 is 11.6. The van der Waals surface area contributed by atoms with Gasteiger partial charge in [-0.3, -0.25) is 4.79 Å². The standard InChI is InChI=1S/C18H13N3O4/c1-24-12-6-7-13-11(8-17(22)25-16(13)9-12)10-21-18(23)14-4-2-3-5-15(14)19-20-21/h2-9H,10H2,1H3. The molecule has 2 aromatic heterocycles. The molecule has 0 bridgehead atoms. The summed E-state index contributed by atoms with van der Waals surface area (Å²) in [5.74, 6) is 0.579. The second-order valence-electron chi connectivity index (χ2n) is 5.52. The zero-order valence-electron chi connectivity index (χ0n) is 13.3. The van der Waals surface area contributed by atoms with Gasteiger partial charge in [-0.25, -0.2) is 9.48 Å². The summed E-state index contributed by atoms with van der Waals surface area (Å²) in [5.41, 5.74) is 0.785. The lowest BCUT2D eigenvalue weighted by Crippen LogP contribution is -2.25. The molecule has 0 aliphatic carbocycles. The second kappa shape index (κ2) is 5.86. The van der Waals surface area contributed by atoms with Crippen molar-refractivity contribution in [2.45, 2.75) is 6.54 Å². The van der Waals surface area contributed by atoms with Gasteiger partial charge in [-0.15, -0.1) is 5.10 Å². The third-order valence-electron chi connectivity index (χ3n) is 3.99. The molecule has 4 aromatic rings. The minimum absolute atomic E-state index is 0.116. The van der Waals surface area contributed by atoms with Crippen molar-refractivity contribution in [3.63, 3.8) is 0 Å². The van der Waals surface area contributed by atoms with Gasteiger partial charge in [0.05, 0.1) is 19.0 Å². The van der Waals surface area contributed by atoms with Crippen LogP contribution in [0.4, 0.5) is 0 Å². The van der Waals surface area contributed by atoms with Crippen LogP contribution in [0.2, 0.25) is 0 Å². The lowest BCUT2D eigenvalue weighted by Gasteiger charge is -2.08. The average Bonchev–Trinajstić information content (AvgIpc) is 2.63. The molecule has 0 aliphatic heterocycles. The van der Waals surface area contributed by atoms with Crippen molar-refractivity contribution in [2.75, 3.05) is 7.11 Å². The minimum Gasteiger partial charge on any atom is -0.497 e. The topological polar surface area (TPSA) is 87.2 Å². The number of benzene rings is 2. The lowest BCUT2D eigenvalue weighted by atomic mass is 10.1. The van der Waals surface area contributed by atoms with Crippen LogP contribution in [0.25, 0.3) is 21.9 Å². The molecule has 7 nitrogen and oxygen atoms in total. The van der Waals surface area contributed by atoms with Crippen molar-refractivity contribution in [1.82, 2.24) is 15.0 Å². The Hall–Kier alpha value is -3.48. The van der Waals surface area contributed by atoms with Crippen LogP contribution in [0.15, 0.2) is 62.5 Å². The number of fused-ring (bicyclic) bond motifs is 2. The molecule has 0 unspecified atom stereocenters. The predicted molar refractivity (Wildman–Crippen MR) is 91.9 cm³/mol. The predicted octanol–water partition coefficient (Wildman–Crippen LogP) is 1.95. The van der Waals surface area contributed by atoms with Gasteiger partial charge < -0.3 is 9.15 Å². The molecule has 0 aliphatic rings. The third kappa shape index (κ3) is 2.65. The van der Waals surface area contributed by atoms with Gasteiger partial charge >= 0.3 is 5.63 Å². The number of rotatable bonds is 3. The zero-order valence-corrected chi connectivity index (χ0v) is 13.3. The van der Waals surface area contributed by atoms with E-state index in [9.17, 15) is 9.59 Å². The van der Waals surface area contributed by atoms with E-state index in [4.69, 9.17) is 9.15 Å². The summed E-state index contributed by atoms with van der Waals surface area (Å²) in [7, 11) is 1.54. The molecule has 25 heavy (non-hydrogen) atoms. The first-order valence-electron chi connectivity index (χ1n) is 7.59. The van der Waals surface area contributed by atoms with Gasteiger partial charge in [0.15, 0.2) is 0 Å². The maximum atomic E-state index is 12.6. The maximum Gasteiger partial charge on any atom is 0.336 e. The fourth-order valence-corrected chi connectivity index (χ4v) is 2.76. The summed E-state index contributed by atoms with van der Waals surface area (Å²) >= 11 is 0. The molecule has 0 saturated carbocycles. The van der Waals surface area contributed by atoms with Gasteiger partial charge in [-0.05, 0) is 29.8 Å². The molecule has 0 radical (unpaired) electrons. The highest BCUT2D eigenvalue weighted by atomic mass is 16.5. The molecule has 2 aromatic carbocycles. The molecule has 0 fully saturated rings. The Balaban J connectivity index is 1.87. The Morgan fingerprint density at radius 1 is 1.08 bits per heavy atom. The van der Waals surface area contributed by atoms with Crippen molar-refractivity contribution in [1.29, 1.82) is 0 Å². The van der Waals surface area contributed by atoms with Gasteiger partial charge in [0.1, 0.15) is 16.8 Å². The van der Waals surface area contributed by atoms with Crippen LogP contribution in [0.1, 0.15) is 5.56 Å². The van der Waals surface area contributed by atoms with E-state index < -0.39 is 5.63 Å². The van der Waals surface area contributed by atoms with E-state index in [-0.39, 0.29) is 12.1 Å². The highest BCUT2D eigenvalue weighted by molar-refractivity contribution is 5.81. The summed E-state index contributed by atoms with van der Waals surface area (Å²) in [6, 6.07) is 13.5. The van der Waals surface area contributed by atoms with Crippen molar-refractivity contribution >= 4 is 21.9 Å². The number of nitrogens with zero attached hydrogens (tertiary/aromatic N) is 3. The van der Waals surface area contributed by atoms with E-state index in [0.717, 1.165) is 0 Å². The van der Waals surface area contributed by atoms with E-state index in [2.05, 4.69) is 10.3 Å². The average molecular weight is 335 g/mol. The molecule has 7 heteroatoms. The van der Waals surface area contributed by atoms with Gasteiger partial charge in [-0.1, -0.05) is 17.3 Å². The molecule has 0 amide bonds. The third-order valence-corrected chi connectivity index (χ3v) is 3.99. The van der Waals surface area contributed by atoms with Gasteiger partial charge in [0.25, 0.3) is 5.56 Å². The molecule has 4 rings (SSSR count). The van der Waals surface area contributed by atoms with E-state index in [0.29, 0.717) is 33.2 Å². The number of methoxy groups -OCH3 is 1. The van der Waals surface area contributed by atoms with Crippen LogP contribution >= 0.6 is 0 Å². The molecular formula is C18H13N3O4. The van der Waals surface area contributed by atoms with E-state index >= 15 is 0 Å². The molecule has 2 heterocycles. The van der Waals surface area contributed by atoms with E-state index in [1.807, 2.05) is 0 Å². The smallest absolute Gasteiger partial charge is 0.336 e. The molecule has 0 saturated heterocycles. The fourth-order valence-electron chi connectivity index (χ4n) is 2.76. The first-order valence-corrected chi connectivity index (χ1v) is 7.59. The van der Waals surface area contributed by atoms with Crippen molar-refractivity contribution in [3.8, 4) is 5.75 Å². The lowest BCUT2D eigenvalue weighted by molar-refractivity contribution is 0.414. The van der Waals surface area contributed by atoms with Gasteiger partial charge in [0, 0.05) is 17.5 Å². The van der Waals surface area contributed by atoms with Crippen LogP contribution in [-0.4, -0.2) is 22.1 Å². The Morgan fingerprint density at radius 2 is 1.92 bits per heavy atom. The van der Waals surface area contributed by atoms with Crippen LogP contribution in [0.3, 0.4) is 0 Å². The SMILES string of the molecule is COc1ccc2c(Cn3nnc4ccccc4c3=O)cc(=O)oc2c1. The fraction of sp³-hybridized carbons (Fsp3) is 0.111. The molecule has 0 N–H and O–H groups in total. The van der Waals surface area contributed by atoms with E-state index in [1.165, 1.54) is 17.9 Å². The largest absolute Gasteiger partial charge is 0.497 e. The van der Waals surface area contributed by atoms with E-state index in [1.54, 1.807) is 42.5 Å². The quantitative estimate of drug-likeness (QED) is 0.532. The van der Waals surface area contributed by atoms with Crippen molar-refractivity contribution < 1.29 is 9.15 Å². The normalized spacial score (nSPS) is 11.1. The number of hydrogen-bond acceptors (Lipinski definition) is 6. The minimum atomic E-state index is -0.502. The summed E-state index contributed by atoms with van der Waals surface area (Å²) in [4.78, 5) is 24.5. The van der Waals surface area contributed by atoms with Crippen LogP contribution in [0.5, 0.6) is 5.75 Å². The highest BCUT2D eigenvalue weighted by Crippen LogP contribution is 2.22. The summed E-state index contributed by atoms with van der Waals surface area (Å²) in [5, 5.41) is 9.22. The second-order valence-corrected chi connectivity index (χ2v) is 5.52. The van der Waals surface area contributed by atoms with Crippen LogP contribution < -0.4 is 15.9 Å². The van der Waals surface area contributed by atoms with Crippen LogP contribution in [0, 0.1) is 0 Å². The Kier molecular flexibility index (Phi) is 3.53.